The van der Waals surface area contributed by atoms with Crippen molar-refractivity contribution < 1.29 is 31.4 Å². The molecule has 1 aliphatic heterocycles. The van der Waals surface area contributed by atoms with Gasteiger partial charge in [0.05, 0.1) is 36.2 Å². The Labute approximate surface area is 204 Å². The summed E-state index contributed by atoms with van der Waals surface area (Å²) < 4.78 is 84.2. The van der Waals surface area contributed by atoms with E-state index in [4.69, 9.17) is 15.2 Å². The number of fused-ring (bicyclic) bond motifs is 2. The lowest BCUT2D eigenvalue weighted by molar-refractivity contribution is -0.137. The Morgan fingerprint density at radius 1 is 1.19 bits per heavy atom. The third kappa shape index (κ3) is 3.73. The van der Waals surface area contributed by atoms with Crippen molar-refractivity contribution >= 4 is 43.1 Å². The van der Waals surface area contributed by atoms with Crippen molar-refractivity contribution in [2.75, 3.05) is 44.0 Å². The number of hydrogen-bond acceptors (Lipinski definition) is 8. The highest BCUT2D eigenvalue weighted by Gasteiger charge is 2.38. The lowest BCUT2D eigenvalue weighted by Crippen LogP contribution is -2.37. The van der Waals surface area contributed by atoms with Crippen molar-refractivity contribution in [2.24, 2.45) is 0 Å². The minimum atomic E-state index is -5.01. The van der Waals surface area contributed by atoms with Crippen LogP contribution in [0, 0.1) is 23.0 Å². The number of nitriles is 1. The third-order valence-corrected chi connectivity index (χ3v) is 6.92. The third-order valence-electron chi connectivity index (χ3n) is 5.89. The molecular formula is C23H16F5N5O2S. The molecule has 0 radical (unpaired) electrons. The van der Waals surface area contributed by atoms with Gasteiger partial charge in [-0.3, -0.25) is 0 Å². The van der Waals surface area contributed by atoms with Crippen molar-refractivity contribution in [2.45, 2.75) is 6.18 Å². The average molecular weight is 521 g/mol. The predicted octanol–water partition coefficient (Wildman–Crippen LogP) is 5.11. The van der Waals surface area contributed by atoms with E-state index in [-0.39, 0.29) is 43.4 Å². The molecule has 186 valence electrons. The van der Waals surface area contributed by atoms with E-state index >= 15 is 4.39 Å². The number of ether oxygens (including phenoxy) is 2. The number of anilines is 2. The number of methoxy groups -OCH3 is 1. The molecule has 1 saturated heterocycles. The van der Waals surface area contributed by atoms with Crippen LogP contribution < -0.4 is 15.4 Å². The number of nitrogens with two attached hydrogens (primary N) is 1. The van der Waals surface area contributed by atoms with Gasteiger partial charge in [0, 0.05) is 29.4 Å². The molecular weight excluding hydrogens is 505 g/mol. The van der Waals surface area contributed by atoms with Gasteiger partial charge in [-0.15, -0.1) is 11.3 Å². The molecule has 1 fully saturated rings. The Balaban J connectivity index is 1.92. The average Bonchev–Trinajstić information content (AvgIpc) is 3.21. The largest absolute Gasteiger partial charge is 0.467 e. The van der Waals surface area contributed by atoms with Gasteiger partial charge in [0.15, 0.2) is 5.82 Å². The quantitative estimate of drug-likeness (QED) is 0.375. The highest BCUT2D eigenvalue weighted by Crippen LogP contribution is 2.47. The number of rotatable bonds is 3. The van der Waals surface area contributed by atoms with E-state index in [9.17, 15) is 22.8 Å². The summed E-state index contributed by atoms with van der Waals surface area (Å²) >= 11 is 0.701. The van der Waals surface area contributed by atoms with Crippen molar-refractivity contribution in [3.05, 3.63) is 41.0 Å². The Bertz CT molecular complexity index is 1560. The first-order valence-electron chi connectivity index (χ1n) is 10.5. The smallest absolute Gasteiger partial charge is 0.417 e. The molecule has 3 heterocycles. The van der Waals surface area contributed by atoms with Gasteiger partial charge in [-0.05, 0) is 17.7 Å². The second kappa shape index (κ2) is 8.72. The van der Waals surface area contributed by atoms with Crippen LogP contribution in [0.1, 0.15) is 11.1 Å². The minimum absolute atomic E-state index is 0.0674. The number of nitrogens with zero attached hydrogens (tertiary/aromatic N) is 4. The Hall–Kier alpha value is -3.76. The SMILES string of the molecule is COc1nc(N2CCOCC2)c2cc(C(F)(F)F)c(-c3ccc(F)c4sc(N)c(C#N)c34)c(F)c2n1. The fourth-order valence-corrected chi connectivity index (χ4v) is 5.24. The van der Waals surface area contributed by atoms with Gasteiger partial charge in [0.2, 0.25) is 0 Å². The van der Waals surface area contributed by atoms with E-state index < -0.39 is 34.5 Å². The normalized spacial score (nSPS) is 14.4. The van der Waals surface area contributed by atoms with Crippen LogP contribution in [0.3, 0.4) is 0 Å². The van der Waals surface area contributed by atoms with Crippen LogP contribution in [0.5, 0.6) is 6.01 Å². The summed E-state index contributed by atoms with van der Waals surface area (Å²) in [7, 11) is 1.25. The number of hydrogen-bond donors (Lipinski definition) is 1. The molecule has 2 aromatic carbocycles. The van der Waals surface area contributed by atoms with E-state index in [2.05, 4.69) is 9.97 Å². The van der Waals surface area contributed by atoms with Gasteiger partial charge < -0.3 is 20.1 Å². The molecule has 1 aliphatic rings. The maximum atomic E-state index is 16.2. The monoisotopic (exact) mass is 521 g/mol. The molecule has 36 heavy (non-hydrogen) atoms. The van der Waals surface area contributed by atoms with Crippen molar-refractivity contribution in [3.63, 3.8) is 0 Å². The second-order valence-corrected chi connectivity index (χ2v) is 8.94. The molecule has 0 saturated carbocycles. The van der Waals surface area contributed by atoms with E-state index in [0.29, 0.717) is 37.6 Å². The molecule has 2 N–H and O–H groups in total. The summed E-state index contributed by atoms with van der Waals surface area (Å²) in [5.41, 5.74) is 2.67. The summed E-state index contributed by atoms with van der Waals surface area (Å²) in [5, 5.41) is 9.11. The maximum absolute atomic E-state index is 16.2. The van der Waals surface area contributed by atoms with Crippen LogP contribution in [0.15, 0.2) is 18.2 Å². The van der Waals surface area contributed by atoms with Crippen LogP contribution in [0.4, 0.5) is 32.8 Å². The number of nitrogen functional groups attached to an aromatic ring is 1. The van der Waals surface area contributed by atoms with Gasteiger partial charge in [-0.25, -0.2) is 8.78 Å². The van der Waals surface area contributed by atoms with Crippen LogP contribution in [-0.4, -0.2) is 43.4 Å². The van der Waals surface area contributed by atoms with Gasteiger partial charge >= 0.3 is 12.2 Å². The molecule has 0 amide bonds. The molecule has 0 atom stereocenters. The fourth-order valence-electron chi connectivity index (χ4n) is 4.29. The lowest BCUT2D eigenvalue weighted by atomic mass is 9.92. The number of thiophene rings is 1. The summed E-state index contributed by atoms with van der Waals surface area (Å²) in [6, 6.07) is 4.24. The first-order chi connectivity index (χ1) is 17.2. The maximum Gasteiger partial charge on any atom is 0.417 e. The second-order valence-electron chi connectivity index (χ2n) is 7.89. The first kappa shape index (κ1) is 24.0. The van der Waals surface area contributed by atoms with Gasteiger partial charge in [-0.2, -0.15) is 28.4 Å². The van der Waals surface area contributed by atoms with E-state index in [1.807, 2.05) is 0 Å². The fraction of sp³-hybridized carbons (Fsp3) is 0.261. The van der Waals surface area contributed by atoms with Crippen LogP contribution in [0.2, 0.25) is 0 Å². The van der Waals surface area contributed by atoms with Crippen LogP contribution in [-0.2, 0) is 10.9 Å². The molecule has 0 bridgehead atoms. The van der Waals surface area contributed by atoms with Gasteiger partial charge in [-0.1, -0.05) is 6.07 Å². The highest BCUT2D eigenvalue weighted by atomic mass is 32.1. The highest BCUT2D eigenvalue weighted by molar-refractivity contribution is 7.23. The number of benzene rings is 2. The number of halogens is 5. The Morgan fingerprint density at radius 2 is 1.92 bits per heavy atom. The topological polar surface area (TPSA) is 97.3 Å². The number of aromatic nitrogens is 2. The predicted molar refractivity (Wildman–Crippen MR) is 124 cm³/mol. The number of alkyl halides is 3. The summed E-state index contributed by atoms with van der Waals surface area (Å²) in [6.45, 7) is 1.26. The molecule has 5 rings (SSSR count). The van der Waals surface area contributed by atoms with Crippen molar-refractivity contribution in [3.8, 4) is 23.2 Å². The lowest BCUT2D eigenvalue weighted by Gasteiger charge is -2.29. The van der Waals surface area contributed by atoms with E-state index in [1.54, 1.807) is 11.0 Å². The van der Waals surface area contributed by atoms with Crippen LogP contribution in [0.25, 0.3) is 32.1 Å². The molecule has 13 heteroatoms. The minimum Gasteiger partial charge on any atom is -0.467 e. The zero-order chi connectivity index (χ0) is 25.8. The Morgan fingerprint density at radius 3 is 2.56 bits per heavy atom. The molecule has 0 spiro atoms. The Kier molecular flexibility index (Phi) is 5.80. The van der Waals surface area contributed by atoms with Gasteiger partial charge in [0.25, 0.3) is 0 Å². The molecule has 7 nitrogen and oxygen atoms in total. The summed E-state index contributed by atoms with van der Waals surface area (Å²) in [5.74, 6) is -2.03. The first-order valence-corrected chi connectivity index (χ1v) is 11.4. The van der Waals surface area contributed by atoms with Gasteiger partial charge in [0.1, 0.15) is 28.2 Å². The molecule has 0 aliphatic carbocycles. The van der Waals surface area contributed by atoms with Crippen molar-refractivity contribution in [1.82, 2.24) is 9.97 Å². The van der Waals surface area contributed by atoms with E-state index in [0.717, 1.165) is 18.2 Å². The molecule has 0 unspecified atom stereocenters. The summed E-state index contributed by atoms with van der Waals surface area (Å²) in [4.78, 5) is 9.87. The van der Waals surface area contributed by atoms with Crippen molar-refractivity contribution in [1.29, 1.82) is 5.26 Å². The van der Waals surface area contributed by atoms with Crippen LogP contribution >= 0.6 is 11.3 Å². The molecule has 2 aromatic heterocycles. The zero-order valence-electron chi connectivity index (χ0n) is 18.5. The number of morpholine rings is 1. The zero-order valence-corrected chi connectivity index (χ0v) is 19.4. The molecule has 4 aromatic rings. The summed E-state index contributed by atoms with van der Waals surface area (Å²) in [6.07, 6.45) is -5.01. The van der Waals surface area contributed by atoms with E-state index in [1.165, 1.54) is 7.11 Å². The standard InChI is InChI=1S/C23H16F5N5O2S/c1-34-22-31-18-11(21(32-22)33-4-6-35-7-5-33)8-13(23(26,27)28)16(17(18)25)10-2-3-14(24)19-15(10)12(9-29)20(30)36-19/h2-3,8H,4-7,30H2,1H3.